The topological polar surface area (TPSA) is 67.9 Å². The molecule has 0 spiro atoms. The van der Waals surface area contributed by atoms with Crippen LogP contribution in [-0.4, -0.2) is 43.0 Å². The van der Waals surface area contributed by atoms with E-state index >= 15 is 0 Å². The van der Waals surface area contributed by atoms with Gasteiger partial charge in [0, 0.05) is 19.5 Å². The van der Waals surface area contributed by atoms with Crippen molar-refractivity contribution in [3.8, 4) is 11.5 Å². The molecule has 0 fully saturated rings. The summed E-state index contributed by atoms with van der Waals surface area (Å²) >= 11 is 0. The maximum Gasteiger partial charge on any atom is 0.261 e. The van der Waals surface area contributed by atoms with Gasteiger partial charge in [-0.15, -0.1) is 0 Å². The summed E-state index contributed by atoms with van der Waals surface area (Å²) in [6.45, 7) is 6.72. The molecular weight excluding hydrogens is 452 g/mol. The van der Waals surface area contributed by atoms with Gasteiger partial charge in [0.1, 0.15) is 6.04 Å². The first-order chi connectivity index (χ1) is 17.4. The molecule has 1 N–H and O–H groups in total. The average Bonchev–Trinajstić information content (AvgIpc) is 2.89. The van der Waals surface area contributed by atoms with E-state index in [0.717, 1.165) is 16.7 Å². The number of para-hydroxylation sites is 2. The van der Waals surface area contributed by atoms with Crippen molar-refractivity contribution in [2.24, 2.45) is 5.92 Å². The number of amides is 2. The minimum absolute atomic E-state index is 0.174. The lowest BCUT2D eigenvalue weighted by Gasteiger charge is -2.32. The molecule has 2 amide bonds. The van der Waals surface area contributed by atoms with Crippen LogP contribution in [0.4, 0.5) is 0 Å². The van der Waals surface area contributed by atoms with E-state index < -0.39 is 6.04 Å². The second-order valence-corrected chi connectivity index (χ2v) is 9.23. The summed E-state index contributed by atoms with van der Waals surface area (Å²) in [7, 11) is 1.56. The molecule has 0 saturated heterocycles. The maximum atomic E-state index is 13.7. The van der Waals surface area contributed by atoms with E-state index in [4.69, 9.17) is 9.47 Å². The van der Waals surface area contributed by atoms with E-state index in [1.165, 1.54) is 0 Å². The Labute approximate surface area is 214 Å². The van der Waals surface area contributed by atoms with Crippen LogP contribution in [0.25, 0.3) is 0 Å². The van der Waals surface area contributed by atoms with Crippen LogP contribution < -0.4 is 14.8 Å². The fraction of sp³-hybridized carbons (Fsp3) is 0.333. The molecule has 0 saturated carbocycles. The Bertz CT molecular complexity index is 1130. The Kier molecular flexibility index (Phi) is 9.92. The number of hydrogen-bond donors (Lipinski definition) is 1. The highest BCUT2D eigenvalue weighted by molar-refractivity contribution is 5.88. The Hall–Kier alpha value is -3.80. The van der Waals surface area contributed by atoms with Crippen molar-refractivity contribution in [3.05, 3.63) is 95.6 Å². The zero-order valence-electron chi connectivity index (χ0n) is 21.6. The minimum Gasteiger partial charge on any atom is -0.493 e. The summed E-state index contributed by atoms with van der Waals surface area (Å²) in [6, 6.07) is 24.2. The molecule has 36 heavy (non-hydrogen) atoms. The molecule has 0 radical (unpaired) electrons. The van der Waals surface area contributed by atoms with Crippen LogP contribution in [-0.2, 0) is 22.6 Å². The minimum atomic E-state index is -0.695. The average molecular weight is 489 g/mol. The molecular formula is C30H36N2O4. The van der Waals surface area contributed by atoms with Crippen molar-refractivity contribution < 1.29 is 19.1 Å². The number of nitrogens with one attached hydrogen (secondary N) is 1. The van der Waals surface area contributed by atoms with Gasteiger partial charge in [0.25, 0.3) is 5.91 Å². The summed E-state index contributed by atoms with van der Waals surface area (Å²) in [6.07, 6.45) is 0.400. The van der Waals surface area contributed by atoms with Crippen molar-refractivity contribution in [3.63, 3.8) is 0 Å². The molecule has 0 aliphatic rings. The number of carbonyl (C=O) groups is 2. The molecule has 0 heterocycles. The van der Waals surface area contributed by atoms with Gasteiger partial charge in [-0.05, 0) is 41.7 Å². The number of aryl methyl sites for hydroxylation is 1. The second kappa shape index (κ2) is 13.3. The smallest absolute Gasteiger partial charge is 0.261 e. The zero-order chi connectivity index (χ0) is 25.9. The van der Waals surface area contributed by atoms with E-state index in [1.54, 1.807) is 24.1 Å². The molecule has 190 valence electrons. The van der Waals surface area contributed by atoms with Gasteiger partial charge < -0.3 is 19.7 Å². The van der Waals surface area contributed by atoms with Crippen LogP contribution in [0.15, 0.2) is 78.9 Å². The molecule has 3 aromatic carbocycles. The third kappa shape index (κ3) is 7.60. The van der Waals surface area contributed by atoms with Gasteiger partial charge in [0.15, 0.2) is 18.1 Å². The third-order valence-electron chi connectivity index (χ3n) is 5.98. The van der Waals surface area contributed by atoms with Crippen LogP contribution in [0.1, 0.15) is 30.5 Å². The normalized spacial score (nSPS) is 11.6. The van der Waals surface area contributed by atoms with Crippen LogP contribution >= 0.6 is 0 Å². The van der Waals surface area contributed by atoms with Gasteiger partial charge >= 0.3 is 0 Å². The van der Waals surface area contributed by atoms with E-state index in [2.05, 4.69) is 5.32 Å². The van der Waals surface area contributed by atoms with E-state index in [1.807, 2.05) is 87.5 Å². The number of ether oxygens (including phenoxy) is 2. The van der Waals surface area contributed by atoms with Crippen molar-refractivity contribution in [2.75, 3.05) is 20.3 Å². The van der Waals surface area contributed by atoms with E-state index in [9.17, 15) is 9.59 Å². The third-order valence-corrected chi connectivity index (χ3v) is 5.98. The summed E-state index contributed by atoms with van der Waals surface area (Å²) < 4.78 is 11.2. The number of nitrogens with zero attached hydrogens (tertiary/aromatic N) is 1. The number of rotatable bonds is 12. The Balaban J connectivity index is 1.92. The standard InChI is InChI=1S/C30H36N2O4/c1-22(2)19-31-30(34)26(18-24-13-6-5-7-14-24)32(20-25-15-9-8-12-23(25)3)29(33)21-36-28-17-11-10-16-27(28)35-4/h5-17,22,26H,18-21H2,1-4H3,(H,31,34)/t26-/m0/s1. The maximum absolute atomic E-state index is 13.7. The van der Waals surface area contributed by atoms with Crippen molar-refractivity contribution in [1.29, 1.82) is 0 Å². The highest BCUT2D eigenvalue weighted by Gasteiger charge is 2.31. The lowest BCUT2D eigenvalue weighted by atomic mass is 10.0. The number of hydrogen-bond acceptors (Lipinski definition) is 4. The lowest BCUT2D eigenvalue weighted by Crippen LogP contribution is -2.52. The number of carbonyl (C=O) groups excluding carboxylic acids is 2. The number of benzene rings is 3. The summed E-state index contributed by atoms with van der Waals surface area (Å²) in [4.78, 5) is 28.8. The predicted molar refractivity (Wildman–Crippen MR) is 142 cm³/mol. The second-order valence-electron chi connectivity index (χ2n) is 9.23. The quantitative estimate of drug-likeness (QED) is 0.398. The van der Waals surface area contributed by atoms with Gasteiger partial charge in [-0.1, -0.05) is 80.6 Å². The largest absolute Gasteiger partial charge is 0.493 e. The molecule has 0 aliphatic heterocycles. The Morgan fingerprint density at radius 2 is 1.53 bits per heavy atom. The summed E-state index contributed by atoms with van der Waals surface area (Å²) in [5.41, 5.74) is 3.02. The summed E-state index contributed by atoms with van der Waals surface area (Å²) in [5, 5.41) is 3.04. The first kappa shape index (κ1) is 26.8. The SMILES string of the molecule is COc1ccccc1OCC(=O)N(Cc1ccccc1C)[C@@H](Cc1ccccc1)C(=O)NCC(C)C. The Morgan fingerprint density at radius 3 is 2.19 bits per heavy atom. The molecule has 3 rings (SSSR count). The van der Waals surface area contributed by atoms with Gasteiger partial charge in [0.2, 0.25) is 5.91 Å². The molecule has 0 aromatic heterocycles. The number of methoxy groups -OCH3 is 1. The fourth-order valence-corrected chi connectivity index (χ4v) is 3.91. The fourth-order valence-electron chi connectivity index (χ4n) is 3.91. The highest BCUT2D eigenvalue weighted by Crippen LogP contribution is 2.26. The van der Waals surface area contributed by atoms with Gasteiger partial charge in [-0.25, -0.2) is 0 Å². The first-order valence-electron chi connectivity index (χ1n) is 12.3. The van der Waals surface area contributed by atoms with Crippen molar-refractivity contribution in [1.82, 2.24) is 10.2 Å². The molecule has 6 nitrogen and oxygen atoms in total. The molecule has 1 atom stereocenters. The molecule has 6 heteroatoms. The predicted octanol–water partition coefficient (Wildman–Crippen LogP) is 4.79. The first-order valence-corrected chi connectivity index (χ1v) is 12.3. The van der Waals surface area contributed by atoms with Gasteiger partial charge in [-0.3, -0.25) is 9.59 Å². The van der Waals surface area contributed by atoms with E-state index in [-0.39, 0.29) is 18.4 Å². The van der Waals surface area contributed by atoms with Gasteiger partial charge in [-0.2, -0.15) is 0 Å². The lowest BCUT2D eigenvalue weighted by molar-refractivity contribution is -0.142. The monoisotopic (exact) mass is 488 g/mol. The van der Waals surface area contributed by atoms with Gasteiger partial charge in [0.05, 0.1) is 7.11 Å². The van der Waals surface area contributed by atoms with E-state index in [0.29, 0.717) is 36.9 Å². The zero-order valence-corrected chi connectivity index (χ0v) is 21.6. The van der Waals surface area contributed by atoms with Crippen LogP contribution in [0, 0.1) is 12.8 Å². The van der Waals surface area contributed by atoms with Crippen molar-refractivity contribution >= 4 is 11.8 Å². The molecule has 3 aromatic rings. The molecule has 0 unspecified atom stereocenters. The highest BCUT2D eigenvalue weighted by atomic mass is 16.5. The molecule has 0 bridgehead atoms. The van der Waals surface area contributed by atoms with Crippen molar-refractivity contribution in [2.45, 2.75) is 39.8 Å². The Morgan fingerprint density at radius 1 is 0.889 bits per heavy atom. The molecule has 0 aliphatic carbocycles. The van der Waals surface area contributed by atoms with Crippen LogP contribution in [0.2, 0.25) is 0 Å². The van der Waals surface area contributed by atoms with Crippen LogP contribution in [0.5, 0.6) is 11.5 Å². The summed E-state index contributed by atoms with van der Waals surface area (Å²) in [5.74, 6) is 0.872. The van der Waals surface area contributed by atoms with Crippen LogP contribution in [0.3, 0.4) is 0 Å².